The molecule has 0 bridgehead atoms. The zero-order valence-corrected chi connectivity index (χ0v) is 26.1. The third-order valence-electron chi connectivity index (χ3n) is 7.99. The van der Waals surface area contributed by atoms with Crippen molar-refractivity contribution in [1.29, 1.82) is 0 Å². The van der Waals surface area contributed by atoms with Crippen LogP contribution in [0.3, 0.4) is 0 Å². The zero-order chi connectivity index (χ0) is 31.8. The van der Waals surface area contributed by atoms with Crippen molar-refractivity contribution in [2.24, 2.45) is 0 Å². The number of rotatable bonds is 9. The van der Waals surface area contributed by atoms with Gasteiger partial charge in [0.15, 0.2) is 9.84 Å². The van der Waals surface area contributed by atoms with E-state index in [1.54, 1.807) is 59.9 Å². The van der Waals surface area contributed by atoms with Crippen LogP contribution in [0.2, 0.25) is 0 Å². The van der Waals surface area contributed by atoms with E-state index in [0.29, 0.717) is 31.5 Å². The summed E-state index contributed by atoms with van der Waals surface area (Å²) in [6, 6.07) is 18.7. The van der Waals surface area contributed by atoms with Crippen molar-refractivity contribution >= 4 is 31.8 Å². The summed E-state index contributed by atoms with van der Waals surface area (Å²) in [6.45, 7) is 1.06. The average molecular weight is 649 g/mol. The molecule has 2 aliphatic rings. The number of nitrogens with zero attached hydrogens (tertiary/aromatic N) is 3. The van der Waals surface area contributed by atoms with Crippen LogP contribution in [-0.2, 0) is 20.0 Å². The molecule has 3 aromatic carbocycles. The second-order valence-electron chi connectivity index (χ2n) is 11.3. The van der Waals surface area contributed by atoms with E-state index in [1.807, 2.05) is 0 Å². The predicted molar refractivity (Wildman–Crippen MR) is 166 cm³/mol. The summed E-state index contributed by atoms with van der Waals surface area (Å²) in [5.41, 5.74) is 2.37. The molecule has 1 aromatic heterocycles. The number of imidazole rings is 1. The lowest BCUT2D eigenvalue weighted by molar-refractivity contribution is 0.0694. The van der Waals surface area contributed by atoms with Crippen LogP contribution >= 0.6 is 0 Å². The molecule has 2 amide bonds. The van der Waals surface area contributed by atoms with Crippen LogP contribution in [0.4, 0.5) is 0 Å². The Morgan fingerprint density at radius 3 is 2.18 bits per heavy atom. The Hall–Kier alpha value is -4.49. The maximum Gasteiger partial charge on any atom is 0.339 e. The number of hydrogen-bond acceptors (Lipinski definition) is 8. The monoisotopic (exact) mass is 648 g/mol. The number of carbonyl (C=O) groups is 2. The quantitative estimate of drug-likeness (QED) is 0.267. The molecule has 0 unspecified atom stereocenters. The highest BCUT2D eigenvalue weighted by Crippen LogP contribution is 2.31. The molecule has 234 valence electrons. The van der Waals surface area contributed by atoms with E-state index in [1.165, 1.54) is 30.3 Å². The molecular weight excluding hydrogens is 617 g/mol. The van der Waals surface area contributed by atoms with Crippen molar-refractivity contribution in [3.63, 3.8) is 0 Å². The van der Waals surface area contributed by atoms with Crippen molar-refractivity contribution in [2.45, 2.75) is 47.6 Å². The van der Waals surface area contributed by atoms with Crippen LogP contribution in [0, 0.1) is 0 Å². The normalized spacial score (nSPS) is 15.9. The van der Waals surface area contributed by atoms with Gasteiger partial charge >= 0.3 is 10.1 Å². The maximum absolute atomic E-state index is 13.0. The number of amides is 2. The zero-order valence-electron chi connectivity index (χ0n) is 24.5. The highest BCUT2D eigenvalue weighted by molar-refractivity contribution is 7.90. The summed E-state index contributed by atoms with van der Waals surface area (Å²) in [7, 11) is -7.51. The topological polar surface area (TPSA) is 145 Å². The Morgan fingerprint density at radius 1 is 0.844 bits per heavy atom. The van der Waals surface area contributed by atoms with Crippen LogP contribution in [-0.4, -0.2) is 68.5 Å². The van der Waals surface area contributed by atoms with Crippen molar-refractivity contribution in [3.05, 3.63) is 96.4 Å². The van der Waals surface area contributed by atoms with Crippen LogP contribution in [0.25, 0.3) is 11.3 Å². The minimum Gasteiger partial charge on any atom is -0.379 e. The fourth-order valence-electron chi connectivity index (χ4n) is 5.34. The van der Waals surface area contributed by atoms with Gasteiger partial charge in [-0.25, -0.2) is 13.4 Å². The molecule has 45 heavy (non-hydrogen) atoms. The van der Waals surface area contributed by atoms with E-state index in [9.17, 15) is 26.4 Å². The van der Waals surface area contributed by atoms with Crippen molar-refractivity contribution in [1.82, 2.24) is 19.8 Å². The summed E-state index contributed by atoms with van der Waals surface area (Å²) in [5.74, 6) is -0.318. The van der Waals surface area contributed by atoms with Crippen LogP contribution in [0.15, 0.2) is 95.1 Å². The van der Waals surface area contributed by atoms with Crippen molar-refractivity contribution in [3.8, 4) is 17.0 Å². The molecule has 2 fully saturated rings. The first-order chi connectivity index (χ1) is 21.5. The summed E-state index contributed by atoms with van der Waals surface area (Å²) < 4.78 is 56.9. The maximum atomic E-state index is 13.0. The molecule has 1 N–H and O–H groups in total. The molecule has 0 atom stereocenters. The van der Waals surface area contributed by atoms with E-state index in [2.05, 4.69) is 14.9 Å². The molecular formula is C32H32N4O7S2. The first-order valence-electron chi connectivity index (χ1n) is 14.5. The van der Waals surface area contributed by atoms with Crippen molar-refractivity contribution < 1.29 is 30.6 Å². The van der Waals surface area contributed by atoms with Gasteiger partial charge in [-0.3, -0.25) is 9.59 Å². The van der Waals surface area contributed by atoms with Crippen LogP contribution in [0.5, 0.6) is 5.75 Å². The lowest BCUT2D eigenvalue weighted by atomic mass is 10.0. The Balaban J connectivity index is 1.09. The lowest BCUT2D eigenvalue weighted by Crippen LogP contribution is -2.39. The number of piperidine rings is 1. The minimum atomic E-state index is -4.17. The van der Waals surface area contributed by atoms with E-state index in [0.717, 1.165) is 30.4 Å². The number of benzene rings is 3. The Labute approximate surface area is 261 Å². The van der Waals surface area contributed by atoms with Crippen molar-refractivity contribution in [2.75, 3.05) is 19.3 Å². The fraction of sp³-hybridized carbons (Fsp3) is 0.281. The SMILES string of the molecule is CS(=O)(=O)c1ccc(C(=O)N2CCC(n3cncc3-c3ccc(OS(=O)(=O)c4cccc(C(=O)NC5CC5)c4)cc3)CC2)cc1. The third-order valence-corrected chi connectivity index (χ3v) is 10.4. The molecule has 1 aliphatic carbocycles. The molecule has 0 spiro atoms. The highest BCUT2D eigenvalue weighted by atomic mass is 32.2. The van der Waals surface area contributed by atoms with E-state index >= 15 is 0 Å². The highest BCUT2D eigenvalue weighted by Gasteiger charge is 2.27. The van der Waals surface area contributed by atoms with Crippen LogP contribution < -0.4 is 9.50 Å². The van der Waals surface area contributed by atoms with Gasteiger partial charge in [-0.15, -0.1) is 0 Å². The number of nitrogens with one attached hydrogen (secondary N) is 1. The predicted octanol–water partition coefficient (Wildman–Crippen LogP) is 4.09. The van der Waals surface area contributed by atoms with E-state index in [4.69, 9.17) is 4.18 Å². The van der Waals surface area contributed by atoms with Gasteiger partial charge in [-0.1, -0.05) is 6.07 Å². The molecule has 1 saturated carbocycles. The first kappa shape index (κ1) is 30.5. The molecule has 4 aromatic rings. The fourth-order valence-corrected chi connectivity index (χ4v) is 6.95. The van der Waals surface area contributed by atoms with Gasteiger partial charge in [0.25, 0.3) is 11.8 Å². The summed E-state index contributed by atoms with van der Waals surface area (Å²) in [5, 5.41) is 2.85. The van der Waals surface area contributed by atoms with Gasteiger partial charge in [0.2, 0.25) is 0 Å². The van der Waals surface area contributed by atoms with Crippen LogP contribution in [0.1, 0.15) is 52.4 Å². The molecule has 0 radical (unpaired) electrons. The smallest absolute Gasteiger partial charge is 0.339 e. The average Bonchev–Trinajstić information content (AvgIpc) is 3.72. The largest absolute Gasteiger partial charge is 0.379 e. The molecule has 6 rings (SSSR count). The van der Waals surface area contributed by atoms with E-state index in [-0.39, 0.29) is 45.0 Å². The molecule has 2 heterocycles. The molecule has 1 saturated heterocycles. The Kier molecular flexibility index (Phi) is 8.23. The van der Waals surface area contributed by atoms with Gasteiger partial charge < -0.3 is 19.0 Å². The Bertz CT molecular complexity index is 1940. The van der Waals surface area contributed by atoms with Gasteiger partial charge in [-0.05, 0) is 92.4 Å². The molecule has 1 aliphatic heterocycles. The summed E-state index contributed by atoms with van der Waals surface area (Å²) >= 11 is 0. The summed E-state index contributed by atoms with van der Waals surface area (Å²) in [4.78, 5) is 31.6. The molecule has 13 heteroatoms. The Morgan fingerprint density at radius 2 is 1.53 bits per heavy atom. The standard InChI is InChI=1S/C32H32N4O7S2/c1-44(39,40)28-13-7-23(8-14-28)32(38)35-17-15-26(16-18-35)36-21-33-20-30(36)22-5-11-27(12-6-22)43-45(41,42)29-4-2-3-24(19-29)31(37)34-25-9-10-25/h2-8,11-14,19-21,25-26H,9-10,15-18H2,1H3,(H,34,37). The second kappa shape index (κ2) is 12.1. The second-order valence-corrected chi connectivity index (χ2v) is 14.9. The third kappa shape index (κ3) is 6.94. The number of likely N-dealkylation sites (tertiary alicyclic amines) is 1. The van der Waals surface area contributed by atoms with E-state index < -0.39 is 20.0 Å². The summed E-state index contributed by atoms with van der Waals surface area (Å²) in [6.07, 6.45) is 7.88. The first-order valence-corrected chi connectivity index (χ1v) is 17.8. The van der Waals surface area contributed by atoms with Gasteiger partial charge in [0.1, 0.15) is 10.6 Å². The van der Waals surface area contributed by atoms with Gasteiger partial charge in [0.05, 0.1) is 23.1 Å². The van der Waals surface area contributed by atoms with Gasteiger partial charge in [-0.2, -0.15) is 8.42 Å². The number of hydrogen-bond donors (Lipinski definition) is 1. The minimum absolute atomic E-state index is 0.0971. The van der Waals surface area contributed by atoms with Gasteiger partial charge in [0, 0.05) is 48.1 Å². The molecule has 11 nitrogen and oxygen atoms in total. The number of carbonyl (C=O) groups excluding carboxylic acids is 2. The number of sulfone groups is 1. The number of aromatic nitrogens is 2. The lowest BCUT2D eigenvalue weighted by Gasteiger charge is -2.33.